The van der Waals surface area contributed by atoms with Gasteiger partial charge in [0.05, 0.1) is 18.8 Å². The van der Waals surface area contributed by atoms with Gasteiger partial charge in [-0.3, -0.25) is 4.79 Å². The first kappa shape index (κ1) is 23.1. The number of unbranched alkanes of at least 4 members (excludes halogenated alkanes) is 1. The third-order valence-corrected chi connectivity index (χ3v) is 6.53. The fourth-order valence-corrected chi connectivity index (χ4v) is 5.09. The van der Waals surface area contributed by atoms with E-state index in [1.807, 2.05) is 24.3 Å². The summed E-state index contributed by atoms with van der Waals surface area (Å²) in [5, 5.41) is 3.50. The van der Waals surface area contributed by atoms with Gasteiger partial charge in [0.25, 0.3) is 0 Å². The number of anilines is 1. The molecule has 31 heavy (non-hydrogen) atoms. The van der Waals surface area contributed by atoms with Gasteiger partial charge in [-0.1, -0.05) is 32.4 Å². The van der Waals surface area contributed by atoms with E-state index >= 15 is 0 Å². The van der Waals surface area contributed by atoms with E-state index < -0.39 is 0 Å². The number of ether oxygens (including phenoxy) is 2. The number of carbonyl (C=O) groups excluding carboxylic acids is 2. The lowest BCUT2D eigenvalue weighted by molar-refractivity contribution is -0.111. The van der Waals surface area contributed by atoms with Crippen LogP contribution in [0, 0.1) is 0 Å². The number of aryl methyl sites for hydroxylation is 1. The van der Waals surface area contributed by atoms with Crippen molar-refractivity contribution in [1.82, 2.24) is 0 Å². The first-order valence-electron chi connectivity index (χ1n) is 11.1. The molecule has 2 aromatic rings. The molecule has 1 aromatic carbocycles. The lowest BCUT2D eigenvalue weighted by Crippen LogP contribution is -2.15. The summed E-state index contributed by atoms with van der Waals surface area (Å²) in [7, 11) is 0. The number of amides is 1. The van der Waals surface area contributed by atoms with E-state index in [1.165, 1.54) is 22.3 Å². The summed E-state index contributed by atoms with van der Waals surface area (Å²) < 4.78 is 10.9. The van der Waals surface area contributed by atoms with E-state index in [0.29, 0.717) is 29.7 Å². The highest BCUT2D eigenvalue weighted by Gasteiger charge is 2.30. The Labute approximate surface area is 188 Å². The number of carbonyl (C=O) groups is 2. The third kappa shape index (κ3) is 5.97. The number of hydrogen-bond acceptors (Lipinski definition) is 5. The van der Waals surface area contributed by atoms with Gasteiger partial charge < -0.3 is 14.8 Å². The Balaban J connectivity index is 1.70. The molecule has 0 spiro atoms. The van der Waals surface area contributed by atoms with E-state index in [-0.39, 0.29) is 11.9 Å². The van der Waals surface area contributed by atoms with E-state index in [4.69, 9.17) is 9.47 Å². The molecule has 1 amide bonds. The number of esters is 1. The number of benzene rings is 1. The van der Waals surface area contributed by atoms with Crippen molar-refractivity contribution in [3.63, 3.8) is 0 Å². The van der Waals surface area contributed by atoms with Crippen molar-refractivity contribution >= 4 is 34.3 Å². The Morgan fingerprint density at radius 2 is 2.00 bits per heavy atom. The molecule has 3 rings (SSSR count). The van der Waals surface area contributed by atoms with Crippen molar-refractivity contribution in [2.45, 2.75) is 58.8 Å². The zero-order valence-electron chi connectivity index (χ0n) is 18.5. The first-order chi connectivity index (χ1) is 15.0. The van der Waals surface area contributed by atoms with Crippen LogP contribution in [0.25, 0.3) is 6.08 Å². The molecule has 166 valence electrons. The number of hydrogen-bond donors (Lipinski definition) is 1. The monoisotopic (exact) mass is 441 g/mol. The molecule has 5 nitrogen and oxygen atoms in total. The van der Waals surface area contributed by atoms with Crippen molar-refractivity contribution in [3.8, 4) is 5.75 Å². The normalized spacial score (nSPS) is 15.5. The Hall–Kier alpha value is -2.60. The van der Waals surface area contributed by atoms with Gasteiger partial charge in [0, 0.05) is 11.0 Å². The van der Waals surface area contributed by atoms with E-state index in [9.17, 15) is 9.59 Å². The number of rotatable bonds is 9. The second-order valence-electron chi connectivity index (χ2n) is 7.75. The standard InChI is InChI=1S/C25H31NO4S/c1-4-6-16-30-19-13-10-18(11-14-19)12-15-21(27)26-24-23(25(28)29-5-2)22-17(3)8-7-9-20(22)31-24/h10-15,17H,4-9,16H2,1-3H3,(H,26,27)/b15-12+. The molecule has 1 aliphatic carbocycles. The Bertz CT molecular complexity index is 930. The molecule has 1 aromatic heterocycles. The average Bonchev–Trinajstić information content (AvgIpc) is 3.13. The summed E-state index contributed by atoms with van der Waals surface area (Å²) in [6.45, 7) is 7.07. The van der Waals surface area contributed by atoms with Gasteiger partial charge in [0.15, 0.2) is 0 Å². The van der Waals surface area contributed by atoms with Crippen molar-refractivity contribution in [3.05, 3.63) is 51.9 Å². The summed E-state index contributed by atoms with van der Waals surface area (Å²) >= 11 is 1.50. The summed E-state index contributed by atoms with van der Waals surface area (Å²) in [6, 6.07) is 7.64. The fourth-order valence-electron chi connectivity index (χ4n) is 3.74. The number of nitrogens with one attached hydrogen (secondary N) is 1. The fraction of sp³-hybridized carbons (Fsp3) is 0.440. The summed E-state index contributed by atoms with van der Waals surface area (Å²) in [5.74, 6) is 0.498. The molecule has 0 saturated carbocycles. The van der Waals surface area contributed by atoms with E-state index in [1.54, 1.807) is 13.0 Å². The van der Waals surface area contributed by atoms with Gasteiger partial charge >= 0.3 is 5.97 Å². The van der Waals surface area contributed by atoms with Crippen molar-refractivity contribution in [1.29, 1.82) is 0 Å². The Morgan fingerprint density at radius 1 is 1.23 bits per heavy atom. The second kappa shape index (κ2) is 11.1. The maximum absolute atomic E-state index is 12.6. The zero-order valence-corrected chi connectivity index (χ0v) is 19.3. The molecule has 1 unspecified atom stereocenters. The van der Waals surface area contributed by atoms with Crippen LogP contribution in [0.2, 0.25) is 0 Å². The molecule has 6 heteroatoms. The SMILES string of the molecule is CCCCOc1ccc(/C=C/C(=O)Nc2sc3c(c2C(=O)OCC)C(C)CCC3)cc1. The topological polar surface area (TPSA) is 64.6 Å². The Kier molecular flexibility index (Phi) is 8.29. The van der Waals surface area contributed by atoms with Crippen LogP contribution >= 0.6 is 11.3 Å². The van der Waals surface area contributed by atoms with Crippen LogP contribution < -0.4 is 10.1 Å². The number of fused-ring (bicyclic) bond motifs is 1. The smallest absolute Gasteiger partial charge is 0.341 e. The van der Waals surface area contributed by atoms with Gasteiger partial charge in [-0.2, -0.15) is 0 Å². The average molecular weight is 442 g/mol. The molecule has 0 saturated heterocycles. The lowest BCUT2D eigenvalue weighted by atomic mass is 9.86. The zero-order chi connectivity index (χ0) is 22.2. The first-order valence-corrected chi connectivity index (χ1v) is 11.9. The second-order valence-corrected chi connectivity index (χ2v) is 8.86. The minimum atomic E-state index is -0.355. The summed E-state index contributed by atoms with van der Waals surface area (Å²) in [6.07, 6.45) is 8.45. The van der Waals surface area contributed by atoms with Crippen molar-refractivity contribution < 1.29 is 19.1 Å². The number of thiophene rings is 1. The van der Waals surface area contributed by atoms with Crippen LogP contribution in [-0.4, -0.2) is 25.1 Å². The van der Waals surface area contributed by atoms with Gasteiger partial charge in [-0.25, -0.2) is 4.79 Å². The van der Waals surface area contributed by atoms with Crippen molar-refractivity contribution in [2.75, 3.05) is 18.5 Å². The molecule has 0 fully saturated rings. The lowest BCUT2D eigenvalue weighted by Gasteiger charge is -2.19. The van der Waals surface area contributed by atoms with Crippen LogP contribution in [-0.2, 0) is 16.0 Å². The molecule has 0 radical (unpaired) electrons. The van der Waals surface area contributed by atoms with Crippen LogP contribution in [0.15, 0.2) is 30.3 Å². The molecule has 0 aliphatic heterocycles. The molecule has 1 atom stereocenters. The minimum absolute atomic E-state index is 0.264. The highest BCUT2D eigenvalue weighted by Crippen LogP contribution is 2.43. The quantitative estimate of drug-likeness (QED) is 0.286. The van der Waals surface area contributed by atoms with Gasteiger partial charge in [0.1, 0.15) is 10.8 Å². The maximum atomic E-state index is 12.6. The third-order valence-electron chi connectivity index (χ3n) is 5.35. The molecule has 1 heterocycles. The molecular formula is C25H31NO4S. The minimum Gasteiger partial charge on any atom is -0.494 e. The van der Waals surface area contributed by atoms with Crippen LogP contribution in [0.1, 0.15) is 78.7 Å². The van der Waals surface area contributed by atoms with Crippen molar-refractivity contribution in [2.24, 2.45) is 0 Å². The van der Waals surface area contributed by atoms with Crippen LogP contribution in [0.5, 0.6) is 5.75 Å². The molecule has 1 N–H and O–H groups in total. The predicted molar refractivity (Wildman–Crippen MR) is 126 cm³/mol. The largest absolute Gasteiger partial charge is 0.494 e. The van der Waals surface area contributed by atoms with Crippen LogP contribution in [0.4, 0.5) is 5.00 Å². The summed E-state index contributed by atoms with van der Waals surface area (Å²) in [5.41, 5.74) is 2.49. The van der Waals surface area contributed by atoms with Gasteiger partial charge in [0.2, 0.25) is 5.91 Å². The van der Waals surface area contributed by atoms with Gasteiger partial charge in [-0.05, 0) is 67.9 Å². The predicted octanol–water partition coefficient (Wildman–Crippen LogP) is 6.20. The highest BCUT2D eigenvalue weighted by molar-refractivity contribution is 7.17. The van der Waals surface area contributed by atoms with E-state index in [2.05, 4.69) is 19.2 Å². The van der Waals surface area contributed by atoms with Gasteiger partial charge in [-0.15, -0.1) is 11.3 Å². The highest BCUT2D eigenvalue weighted by atomic mass is 32.1. The molecule has 0 bridgehead atoms. The molecule has 1 aliphatic rings. The Morgan fingerprint density at radius 3 is 2.71 bits per heavy atom. The van der Waals surface area contributed by atoms with E-state index in [0.717, 1.165) is 49.0 Å². The van der Waals surface area contributed by atoms with Crippen LogP contribution in [0.3, 0.4) is 0 Å². The maximum Gasteiger partial charge on any atom is 0.341 e. The summed E-state index contributed by atoms with van der Waals surface area (Å²) in [4.78, 5) is 26.4. The molecular weight excluding hydrogens is 410 g/mol.